The van der Waals surface area contributed by atoms with Crippen molar-refractivity contribution in [1.29, 1.82) is 0 Å². The third-order valence-corrected chi connectivity index (χ3v) is 3.20. The summed E-state index contributed by atoms with van der Waals surface area (Å²) >= 11 is 0. The monoisotopic (exact) mass is 289 g/mol. The van der Waals surface area contributed by atoms with Gasteiger partial charge in [-0.05, 0) is 12.1 Å². The first-order chi connectivity index (χ1) is 9.88. The van der Waals surface area contributed by atoms with Crippen molar-refractivity contribution in [3.05, 3.63) is 56.4 Å². The number of nitrogen functional groups attached to an aromatic ring is 1. The second-order valence-corrected chi connectivity index (χ2v) is 4.55. The Morgan fingerprint density at radius 2 is 1.90 bits per heavy atom. The van der Waals surface area contributed by atoms with Crippen LogP contribution in [0.15, 0.2) is 34.0 Å². The maximum Gasteiger partial charge on any atom is 0.330 e. The number of ether oxygens (including phenoxy) is 1. The molecule has 0 spiro atoms. The number of aromatic nitrogens is 2. The number of benzene rings is 1. The van der Waals surface area contributed by atoms with Gasteiger partial charge >= 0.3 is 5.69 Å². The zero-order valence-corrected chi connectivity index (χ0v) is 11.9. The van der Waals surface area contributed by atoms with Crippen molar-refractivity contribution in [3.63, 3.8) is 0 Å². The van der Waals surface area contributed by atoms with E-state index >= 15 is 0 Å². The number of methoxy groups -OCH3 is 1. The van der Waals surface area contributed by atoms with Crippen molar-refractivity contribution in [2.75, 3.05) is 12.8 Å². The van der Waals surface area contributed by atoms with Gasteiger partial charge in [-0.25, -0.2) is 4.79 Å². The number of carbonyl (C=O) groups excluding carboxylic acids is 1. The highest BCUT2D eigenvalue weighted by Crippen LogP contribution is 2.25. The van der Waals surface area contributed by atoms with Crippen molar-refractivity contribution >= 4 is 11.5 Å². The summed E-state index contributed by atoms with van der Waals surface area (Å²) in [5.41, 5.74) is 4.80. The molecule has 0 unspecified atom stereocenters. The molecule has 0 saturated carbocycles. The molecule has 0 atom stereocenters. The van der Waals surface area contributed by atoms with Crippen molar-refractivity contribution in [1.82, 2.24) is 9.13 Å². The predicted octanol–water partition coefficient (Wildman–Crippen LogP) is -0.0942. The highest BCUT2D eigenvalue weighted by Gasteiger charge is 2.22. The second-order valence-electron chi connectivity index (χ2n) is 4.55. The Labute approximate surface area is 120 Å². The second kappa shape index (κ2) is 5.28. The van der Waals surface area contributed by atoms with Crippen LogP contribution < -0.4 is 21.7 Å². The maximum absolute atomic E-state index is 12.6. The average molecular weight is 289 g/mol. The Kier molecular flexibility index (Phi) is 3.66. The molecular weight excluding hydrogens is 274 g/mol. The number of aryl methyl sites for hydroxylation is 1. The minimum absolute atomic E-state index is 0.107. The van der Waals surface area contributed by atoms with Crippen molar-refractivity contribution in [2.45, 2.75) is 0 Å². The van der Waals surface area contributed by atoms with Gasteiger partial charge in [0, 0.05) is 26.0 Å². The Bertz CT molecular complexity index is 833. The van der Waals surface area contributed by atoms with E-state index in [0.29, 0.717) is 0 Å². The molecule has 0 aliphatic heterocycles. The van der Waals surface area contributed by atoms with Crippen molar-refractivity contribution < 1.29 is 9.53 Å². The minimum atomic E-state index is -0.673. The molecule has 7 nitrogen and oxygen atoms in total. The van der Waals surface area contributed by atoms with E-state index in [1.54, 1.807) is 18.2 Å². The number of rotatable bonds is 3. The molecule has 0 saturated heterocycles. The highest BCUT2D eigenvalue weighted by atomic mass is 16.5. The fraction of sp³-hybridized carbons (Fsp3) is 0.214. The largest absolute Gasteiger partial charge is 0.496 e. The highest BCUT2D eigenvalue weighted by molar-refractivity contribution is 6.13. The van der Waals surface area contributed by atoms with Gasteiger partial charge in [-0.1, -0.05) is 6.07 Å². The molecule has 0 fully saturated rings. The van der Waals surface area contributed by atoms with E-state index in [4.69, 9.17) is 10.5 Å². The lowest BCUT2D eigenvalue weighted by molar-refractivity contribution is 0.103. The summed E-state index contributed by atoms with van der Waals surface area (Å²) in [6.07, 6.45) is 1.21. The summed E-state index contributed by atoms with van der Waals surface area (Å²) in [7, 11) is 4.18. The van der Waals surface area contributed by atoms with Crippen LogP contribution in [0.25, 0.3) is 0 Å². The van der Waals surface area contributed by atoms with Crippen LogP contribution in [0.2, 0.25) is 0 Å². The van der Waals surface area contributed by atoms with E-state index < -0.39 is 17.0 Å². The standard InChI is InChI=1S/C14H15N3O4/c1-16-7-8(13(19)17(2)14(16)20)12(18)11-9(15)5-4-6-10(11)21-3/h4-7H,15H2,1-3H3. The molecule has 1 aromatic heterocycles. The van der Waals surface area contributed by atoms with E-state index in [-0.39, 0.29) is 22.6 Å². The molecule has 1 heterocycles. The Balaban J connectivity index is 2.73. The van der Waals surface area contributed by atoms with Crippen LogP contribution in [-0.4, -0.2) is 22.0 Å². The Hall–Kier alpha value is -2.83. The maximum atomic E-state index is 12.6. The zero-order valence-electron chi connectivity index (χ0n) is 11.9. The number of nitrogens with two attached hydrogens (primary N) is 1. The molecule has 0 amide bonds. The van der Waals surface area contributed by atoms with Crippen molar-refractivity contribution in [2.24, 2.45) is 14.1 Å². The van der Waals surface area contributed by atoms with Crippen LogP contribution in [0.3, 0.4) is 0 Å². The molecular formula is C14H15N3O4. The van der Waals surface area contributed by atoms with Gasteiger partial charge in [0.25, 0.3) is 5.56 Å². The lowest BCUT2D eigenvalue weighted by Gasteiger charge is -2.11. The SMILES string of the molecule is COc1cccc(N)c1C(=O)c1cn(C)c(=O)n(C)c1=O. The minimum Gasteiger partial charge on any atom is -0.496 e. The number of nitrogens with zero attached hydrogens (tertiary/aromatic N) is 2. The quantitative estimate of drug-likeness (QED) is 0.629. The van der Waals surface area contributed by atoms with E-state index in [1.165, 1.54) is 32.0 Å². The van der Waals surface area contributed by atoms with Crippen LogP contribution in [-0.2, 0) is 14.1 Å². The topological polar surface area (TPSA) is 96.3 Å². The van der Waals surface area contributed by atoms with Crippen LogP contribution in [0.4, 0.5) is 5.69 Å². The average Bonchev–Trinajstić information content (AvgIpc) is 2.47. The summed E-state index contributed by atoms with van der Waals surface area (Å²) in [4.78, 5) is 36.4. The first kappa shape index (κ1) is 14.6. The molecule has 21 heavy (non-hydrogen) atoms. The molecule has 0 radical (unpaired) electrons. The van der Waals surface area contributed by atoms with Crippen molar-refractivity contribution in [3.8, 4) is 5.75 Å². The first-order valence-corrected chi connectivity index (χ1v) is 6.12. The molecule has 0 aliphatic rings. The molecule has 0 bridgehead atoms. The molecule has 2 rings (SSSR count). The summed E-state index contributed by atoms with van der Waals surface area (Å²) in [5, 5.41) is 0. The lowest BCUT2D eigenvalue weighted by atomic mass is 10.0. The fourth-order valence-electron chi connectivity index (χ4n) is 2.06. The molecule has 0 aliphatic carbocycles. The lowest BCUT2D eigenvalue weighted by Crippen LogP contribution is -2.39. The van der Waals surface area contributed by atoms with Crippen LogP contribution in [0.5, 0.6) is 5.75 Å². The third-order valence-electron chi connectivity index (χ3n) is 3.20. The van der Waals surface area contributed by atoms with Gasteiger partial charge in [-0.2, -0.15) is 0 Å². The number of anilines is 1. The van der Waals surface area contributed by atoms with Gasteiger partial charge in [0.1, 0.15) is 11.3 Å². The molecule has 2 aromatic rings. The number of carbonyl (C=O) groups is 1. The molecule has 110 valence electrons. The number of hydrogen-bond donors (Lipinski definition) is 1. The summed E-state index contributed by atoms with van der Waals surface area (Å²) in [5.74, 6) is -0.308. The van der Waals surface area contributed by atoms with E-state index in [0.717, 1.165) is 4.57 Å². The van der Waals surface area contributed by atoms with Gasteiger partial charge in [0.05, 0.1) is 12.7 Å². The van der Waals surface area contributed by atoms with Crippen LogP contribution in [0, 0.1) is 0 Å². The first-order valence-electron chi connectivity index (χ1n) is 6.12. The third kappa shape index (κ3) is 2.33. The molecule has 2 N–H and O–H groups in total. The van der Waals surface area contributed by atoms with Gasteiger partial charge in [-0.15, -0.1) is 0 Å². The van der Waals surface area contributed by atoms with Gasteiger partial charge in [0.2, 0.25) is 5.78 Å². The van der Waals surface area contributed by atoms with E-state index in [2.05, 4.69) is 0 Å². The zero-order chi connectivity index (χ0) is 15.7. The predicted molar refractivity (Wildman–Crippen MR) is 77.8 cm³/mol. The van der Waals surface area contributed by atoms with E-state index in [1.807, 2.05) is 0 Å². The molecule has 1 aromatic carbocycles. The summed E-state index contributed by atoms with van der Waals surface area (Å²) in [6.45, 7) is 0. The Morgan fingerprint density at radius 3 is 2.52 bits per heavy atom. The Morgan fingerprint density at radius 1 is 1.24 bits per heavy atom. The van der Waals surface area contributed by atoms with Gasteiger partial charge in [0.15, 0.2) is 0 Å². The number of hydrogen-bond acceptors (Lipinski definition) is 5. The summed E-state index contributed by atoms with van der Waals surface area (Å²) < 4.78 is 7.16. The smallest absolute Gasteiger partial charge is 0.330 e. The van der Waals surface area contributed by atoms with E-state index in [9.17, 15) is 14.4 Å². The fourth-order valence-corrected chi connectivity index (χ4v) is 2.06. The number of ketones is 1. The normalized spacial score (nSPS) is 10.4. The van der Waals surface area contributed by atoms with Crippen LogP contribution >= 0.6 is 0 Å². The van der Waals surface area contributed by atoms with Gasteiger partial charge in [-0.3, -0.25) is 14.2 Å². The summed E-state index contributed by atoms with van der Waals surface area (Å²) in [6, 6.07) is 4.77. The van der Waals surface area contributed by atoms with Crippen LogP contribution in [0.1, 0.15) is 15.9 Å². The van der Waals surface area contributed by atoms with Gasteiger partial charge < -0.3 is 15.0 Å². The molecule has 7 heteroatoms.